The Morgan fingerprint density at radius 3 is 2.81 bits per heavy atom. The number of carbonyl (C=O) groups excluding carboxylic acids is 1. The van der Waals surface area contributed by atoms with Crippen LogP contribution in [0.2, 0.25) is 0 Å². The Kier molecular flexibility index (Phi) is 4.68. The van der Waals surface area contributed by atoms with Crippen LogP contribution in [0.25, 0.3) is 21.8 Å². The van der Waals surface area contributed by atoms with Gasteiger partial charge in [-0.15, -0.1) is 0 Å². The molecule has 1 aliphatic heterocycles. The molecule has 0 aliphatic carbocycles. The van der Waals surface area contributed by atoms with Gasteiger partial charge in [0.2, 0.25) is 5.91 Å². The van der Waals surface area contributed by atoms with Crippen molar-refractivity contribution >= 4 is 33.4 Å². The van der Waals surface area contributed by atoms with Crippen LogP contribution in [0.15, 0.2) is 73.6 Å². The van der Waals surface area contributed by atoms with Gasteiger partial charge in [0.05, 0.1) is 17.0 Å². The number of nitrogen functional groups attached to an aromatic ring is 1. The second-order valence-electron chi connectivity index (χ2n) is 7.76. The highest BCUT2D eigenvalue weighted by molar-refractivity contribution is 5.95. The van der Waals surface area contributed by atoms with Crippen LogP contribution in [-0.2, 0) is 4.79 Å². The van der Waals surface area contributed by atoms with E-state index in [1.807, 2.05) is 35.4 Å². The normalized spacial score (nSPS) is 15.7. The van der Waals surface area contributed by atoms with Crippen molar-refractivity contribution in [2.75, 3.05) is 18.8 Å². The molecule has 1 unspecified atom stereocenters. The van der Waals surface area contributed by atoms with Crippen LogP contribution < -0.4 is 5.73 Å². The van der Waals surface area contributed by atoms with Gasteiger partial charge in [-0.25, -0.2) is 4.98 Å². The summed E-state index contributed by atoms with van der Waals surface area (Å²) in [5.41, 5.74) is 9.61. The Labute approximate surface area is 180 Å². The number of nitrogens with two attached hydrogens (primary N) is 1. The summed E-state index contributed by atoms with van der Waals surface area (Å²) in [5, 5.41) is 3.15. The summed E-state index contributed by atoms with van der Waals surface area (Å²) >= 11 is 0. The number of amides is 1. The highest BCUT2D eigenvalue weighted by Crippen LogP contribution is 2.31. The zero-order valence-corrected chi connectivity index (χ0v) is 17.1. The minimum atomic E-state index is -0.0394. The minimum Gasteiger partial charge on any atom is -0.398 e. The molecule has 31 heavy (non-hydrogen) atoms. The third-order valence-electron chi connectivity index (χ3n) is 5.91. The van der Waals surface area contributed by atoms with E-state index in [1.54, 1.807) is 12.3 Å². The predicted molar refractivity (Wildman–Crippen MR) is 125 cm³/mol. The number of anilines is 1. The second-order valence-corrected chi connectivity index (χ2v) is 7.76. The van der Waals surface area contributed by atoms with Crippen molar-refractivity contribution in [2.45, 2.75) is 12.5 Å². The molecule has 1 fully saturated rings. The number of carbonyl (C=O) groups is 1. The number of hydrogen-bond acceptors (Lipinski definition) is 3. The third-order valence-corrected chi connectivity index (χ3v) is 5.91. The Morgan fingerprint density at radius 1 is 1.13 bits per heavy atom. The fourth-order valence-corrected chi connectivity index (χ4v) is 4.34. The molecular formula is C26H22N4O. The lowest BCUT2D eigenvalue weighted by atomic mass is 10.0. The maximum atomic E-state index is 12.0. The van der Waals surface area contributed by atoms with E-state index in [9.17, 15) is 4.79 Å². The topological polar surface area (TPSA) is 64.2 Å². The average Bonchev–Trinajstić information content (AvgIpc) is 3.43. The number of likely N-dealkylation sites (tertiary alicyclic amines) is 1. The summed E-state index contributed by atoms with van der Waals surface area (Å²) in [6.45, 7) is 4.93. The van der Waals surface area contributed by atoms with Gasteiger partial charge in [0.1, 0.15) is 5.65 Å². The molecule has 0 radical (unpaired) electrons. The summed E-state index contributed by atoms with van der Waals surface area (Å²) < 4.78 is 2.12. The predicted octanol–water partition coefficient (Wildman–Crippen LogP) is 4.13. The number of fused-ring (bicyclic) bond motifs is 2. The molecule has 1 aliphatic rings. The number of rotatable bonds is 2. The van der Waals surface area contributed by atoms with E-state index in [0.29, 0.717) is 18.8 Å². The molecule has 3 heterocycles. The average molecular weight is 406 g/mol. The fourth-order valence-electron chi connectivity index (χ4n) is 4.34. The molecule has 5 rings (SSSR count). The first-order chi connectivity index (χ1) is 15.2. The van der Waals surface area contributed by atoms with E-state index in [2.05, 4.69) is 46.2 Å². The van der Waals surface area contributed by atoms with Crippen LogP contribution in [-0.4, -0.2) is 33.4 Å². The summed E-state index contributed by atoms with van der Waals surface area (Å²) in [4.78, 5) is 18.4. The van der Waals surface area contributed by atoms with Gasteiger partial charge in [0.15, 0.2) is 0 Å². The van der Waals surface area contributed by atoms with Crippen LogP contribution in [0.5, 0.6) is 0 Å². The van der Waals surface area contributed by atoms with Crippen molar-refractivity contribution in [1.82, 2.24) is 14.5 Å². The molecule has 1 atom stereocenters. The molecule has 5 heteroatoms. The molecule has 2 aromatic carbocycles. The van der Waals surface area contributed by atoms with Crippen molar-refractivity contribution in [1.29, 1.82) is 0 Å². The van der Waals surface area contributed by atoms with E-state index < -0.39 is 0 Å². The van der Waals surface area contributed by atoms with Gasteiger partial charge < -0.3 is 15.2 Å². The number of aromatic nitrogens is 2. The van der Waals surface area contributed by atoms with Crippen molar-refractivity contribution in [2.24, 2.45) is 0 Å². The summed E-state index contributed by atoms with van der Waals surface area (Å²) in [6, 6.07) is 16.3. The van der Waals surface area contributed by atoms with Crippen LogP contribution >= 0.6 is 0 Å². The van der Waals surface area contributed by atoms with E-state index in [-0.39, 0.29) is 11.9 Å². The highest BCUT2D eigenvalue weighted by atomic mass is 16.2. The molecule has 0 bridgehead atoms. The van der Waals surface area contributed by atoms with Crippen LogP contribution in [0.1, 0.15) is 23.6 Å². The van der Waals surface area contributed by atoms with Gasteiger partial charge in [-0.1, -0.05) is 54.8 Å². The first-order valence-electron chi connectivity index (χ1n) is 10.3. The van der Waals surface area contributed by atoms with Crippen molar-refractivity contribution < 1.29 is 4.79 Å². The Morgan fingerprint density at radius 2 is 1.94 bits per heavy atom. The molecule has 0 spiro atoms. The van der Waals surface area contributed by atoms with Gasteiger partial charge in [0.25, 0.3) is 0 Å². The fraction of sp³-hybridized carbons (Fsp3) is 0.154. The number of hydrogen-bond donors (Lipinski definition) is 1. The molecule has 4 aromatic rings. The number of pyridine rings is 1. The van der Waals surface area contributed by atoms with Crippen molar-refractivity contribution in [3.8, 4) is 11.8 Å². The molecule has 2 aromatic heterocycles. The second kappa shape index (κ2) is 7.66. The lowest BCUT2D eigenvalue weighted by Gasteiger charge is -2.15. The van der Waals surface area contributed by atoms with Gasteiger partial charge in [0, 0.05) is 36.7 Å². The van der Waals surface area contributed by atoms with Gasteiger partial charge in [-0.05, 0) is 35.4 Å². The highest BCUT2D eigenvalue weighted by Gasteiger charge is 2.28. The smallest absolute Gasteiger partial charge is 0.246 e. The molecule has 152 valence electrons. The lowest BCUT2D eigenvalue weighted by Crippen LogP contribution is -2.27. The summed E-state index contributed by atoms with van der Waals surface area (Å²) in [5.74, 6) is 6.64. The van der Waals surface area contributed by atoms with E-state index >= 15 is 0 Å². The molecule has 2 N–H and O–H groups in total. The first-order valence-corrected chi connectivity index (χ1v) is 10.3. The van der Waals surface area contributed by atoms with Crippen LogP contribution in [0, 0.1) is 11.8 Å². The Hall–Kier alpha value is -4.04. The molecule has 0 saturated carbocycles. The zero-order valence-electron chi connectivity index (χ0n) is 17.1. The third kappa shape index (κ3) is 3.32. The number of nitrogens with zero attached hydrogens (tertiary/aromatic N) is 3. The Bertz CT molecular complexity index is 1380. The summed E-state index contributed by atoms with van der Waals surface area (Å²) in [6.07, 6.45) is 5.97. The molecule has 5 nitrogen and oxygen atoms in total. The van der Waals surface area contributed by atoms with Gasteiger partial charge in [-0.3, -0.25) is 4.79 Å². The zero-order chi connectivity index (χ0) is 21.4. The van der Waals surface area contributed by atoms with Crippen LogP contribution in [0.4, 0.5) is 5.69 Å². The maximum Gasteiger partial charge on any atom is 0.246 e. The van der Waals surface area contributed by atoms with Crippen molar-refractivity contribution in [3.05, 3.63) is 84.7 Å². The van der Waals surface area contributed by atoms with Crippen LogP contribution in [0.3, 0.4) is 0 Å². The van der Waals surface area contributed by atoms with E-state index in [0.717, 1.165) is 39.4 Å². The summed E-state index contributed by atoms with van der Waals surface area (Å²) in [7, 11) is 0. The largest absolute Gasteiger partial charge is 0.398 e. The Balaban J connectivity index is 1.59. The van der Waals surface area contributed by atoms with E-state index in [4.69, 9.17) is 5.73 Å². The van der Waals surface area contributed by atoms with Gasteiger partial charge >= 0.3 is 0 Å². The van der Waals surface area contributed by atoms with Crippen molar-refractivity contribution in [3.63, 3.8) is 0 Å². The molecular weight excluding hydrogens is 384 g/mol. The monoisotopic (exact) mass is 406 g/mol. The maximum absolute atomic E-state index is 12.0. The standard InChI is InChI=1S/C26H22N4O/c1-2-24(31)29-15-13-21(17-29)30-16-20(25-23(27)12-14-28-26(25)30)11-10-19-8-5-7-18-6-3-4-9-22(18)19/h2-9,12,14,16,21H,1,13,15,17H2,(H2,27,28). The lowest BCUT2D eigenvalue weighted by molar-refractivity contribution is -0.125. The first kappa shape index (κ1) is 19.0. The van der Waals surface area contributed by atoms with E-state index in [1.165, 1.54) is 6.08 Å². The SMILES string of the molecule is C=CC(=O)N1CCC(n2cc(C#Cc3cccc4ccccc34)c3c(N)ccnc32)C1. The number of benzene rings is 2. The minimum absolute atomic E-state index is 0.0394. The quantitative estimate of drug-likeness (QED) is 0.402. The molecule has 1 amide bonds. The molecule has 1 saturated heterocycles. The van der Waals surface area contributed by atoms with Gasteiger partial charge in [-0.2, -0.15) is 0 Å².